The summed E-state index contributed by atoms with van der Waals surface area (Å²) in [6, 6.07) is 10.6. The molecule has 0 unspecified atom stereocenters. The monoisotopic (exact) mass is 415 g/mol. The molecule has 0 radical (unpaired) electrons. The predicted octanol–water partition coefficient (Wildman–Crippen LogP) is 3.74. The molecule has 2 heterocycles. The van der Waals surface area contributed by atoms with Crippen LogP contribution < -0.4 is 9.47 Å². The van der Waals surface area contributed by atoms with Crippen LogP contribution in [-0.2, 0) is 23.5 Å². The van der Waals surface area contributed by atoms with Crippen LogP contribution in [0.25, 0.3) is 0 Å². The average molecular weight is 415 g/mol. The molecule has 1 aromatic heterocycles. The molecule has 0 spiro atoms. The predicted molar refractivity (Wildman–Crippen MR) is 103 cm³/mol. The van der Waals surface area contributed by atoms with Crippen LogP contribution in [0.5, 0.6) is 11.5 Å². The molecule has 150 valence electrons. The minimum absolute atomic E-state index is 0.000765. The molecule has 4 rings (SSSR count). The number of thioether (sulfide) groups is 1. The normalized spacial score (nSPS) is 12.9. The van der Waals surface area contributed by atoms with Gasteiger partial charge in [0.05, 0.1) is 25.1 Å². The molecule has 0 amide bonds. The van der Waals surface area contributed by atoms with Gasteiger partial charge in [-0.1, -0.05) is 23.9 Å². The highest BCUT2D eigenvalue weighted by atomic mass is 32.2. The summed E-state index contributed by atoms with van der Waals surface area (Å²) in [5, 5.41) is 19.7. The summed E-state index contributed by atoms with van der Waals surface area (Å²) in [4.78, 5) is 10.8. The Bertz CT molecular complexity index is 1020. The summed E-state index contributed by atoms with van der Waals surface area (Å²) in [5.74, 6) is 2.29. The number of fused-ring (bicyclic) bond motifs is 1. The number of hydrogen-bond acceptors (Lipinski definition) is 9. The summed E-state index contributed by atoms with van der Waals surface area (Å²) in [5.41, 5.74) is 2.37. The Labute approximate surface area is 170 Å². The van der Waals surface area contributed by atoms with Gasteiger partial charge in [0.2, 0.25) is 5.89 Å². The Morgan fingerprint density at radius 3 is 2.83 bits per heavy atom. The van der Waals surface area contributed by atoms with Crippen molar-refractivity contribution < 1.29 is 23.6 Å². The van der Waals surface area contributed by atoms with Crippen molar-refractivity contribution in [3.63, 3.8) is 0 Å². The molecule has 0 atom stereocenters. The maximum atomic E-state index is 11.2. The fraction of sp³-hybridized carbons (Fsp3) is 0.263. The van der Waals surface area contributed by atoms with E-state index in [0.717, 1.165) is 11.3 Å². The van der Waals surface area contributed by atoms with E-state index >= 15 is 0 Å². The second-order valence-corrected chi connectivity index (χ2v) is 7.16. The van der Waals surface area contributed by atoms with Crippen LogP contribution in [-0.4, -0.2) is 29.0 Å². The lowest BCUT2D eigenvalue weighted by Crippen LogP contribution is -2.13. The SMILES string of the molecule is COc1ccc(Cc2nnc(SCc3cc([N+](=O)[O-])cc4c3OCOC4)o2)cc1. The van der Waals surface area contributed by atoms with Gasteiger partial charge in [-0.05, 0) is 17.7 Å². The number of nitrogens with zero attached hydrogens (tertiary/aromatic N) is 3. The summed E-state index contributed by atoms with van der Waals surface area (Å²) in [6.07, 6.45) is 0.504. The zero-order valence-electron chi connectivity index (χ0n) is 15.5. The summed E-state index contributed by atoms with van der Waals surface area (Å²) in [6.45, 7) is 0.399. The van der Waals surface area contributed by atoms with Crippen molar-refractivity contribution in [2.24, 2.45) is 0 Å². The third-order valence-electron chi connectivity index (χ3n) is 4.30. The van der Waals surface area contributed by atoms with Gasteiger partial charge in [-0.15, -0.1) is 10.2 Å². The van der Waals surface area contributed by atoms with Crippen molar-refractivity contribution in [3.8, 4) is 11.5 Å². The van der Waals surface area contributed by atoms with E-state index in [-0.39, 0.29) is 19.1 Å². The molecular weight excluding hydrogens is 398 g/mol. The Morgan fingerprint density at radius 2 is 2.07 bits per heavy atom. The largest absolute Gasteiger partial charge is 0.497 e. The summed E-state index contributed by atoms with van der Waals surface area (Å²) >= 11 is 1.30. The molecule has 1 aliphatic heterocycles. The van der Waals surface area contributed by atoms with Gasteiger partial charge in [0.25, 0.3) is 10.9 Å². The highest BCUT2D eigenvalue weighted by Crippen LogP contribution is 2.36. The summed E-state index contributed by atoms with van der Waals surface area (Å²) in [7, 11) is 1.62. The van der Waals surface area contributed by atoms with Gasteiger partial charge in [-0.25, -0.2) is 0 Å². The van der Waals surface area contributed by atoms with E-state index in [9.17, 15) is 10.1 Å². The highest BCUT2D eigenvalue weighted by molar-refractivity contribution is 7.98. The quantitative estimate of drug-likeness (QED) is 0.324. The maximum absolute atomic E-state index is 11.2. The smallest absolute Gasteiger partial charge is 0.276 e. The second-order valence-electron chi connectivity index (χ2n) is 6.24. The number of nitro groups is 1. The second kappa shape index (κ2) is 8.50. The molecule has 10 heteroatoms. The lowest BCUT2D eigenvalue weighted by atomic mass is 10.1. The molecule has 0 aliphatic carbocycles. The lowest BCUT2D eigenvalue weighted by molar-refractivity contribution is -0.385. The van der Waals surface area contributed by atoms with Crippen molar-refractivity contribution in [2.45, 2.75) is 24.0 Å². The van der Waals surface area contributed by atoms with E-state index in [1.54, 1.807) is 7.11 Å². The van der Waals surface area contributed by atoms with Gasteiger partial charge in [0, 0.05) is 29.0 Å². The number of rotatable bonds is 7. The number of aromatic nitrogens is 2. The average Bonchev–Trinajstić information content (AvgIpc) is 3.19. The first kappa shape index (κ1) is 19.2. The molecule has 0 fully saturated rings. The number of nitro benzene ring substituents is 1. The standard InChI is InChI=1S/C19H17N3O6S/c1-25-16-4-2-12(3-5-16)6-17-20-21-19(28-17)29-10-14-8-15(22(23)24)7-13-9-26-11-27-18(13)14/h2-5,7-8H,6,9-11H2,1H3. The van der Waals surface area contributed by atoms with E-state index in [1.165, 1.54) is 23.9 Å². The van der Waals surface area contributed by atoms with E-state index < -0.39 is 4.92 Å². The Balaban J connectivity index is 1.45. The molecule has 0 N–H and O–H groups in total. The third kappa shape index (κ3) is 4.49. The fourth-order valence-electron chi connectivity index (χ4n) is 2.92. The zero-order chi connectivity index (χ0) is 20.2. The molecule has 0 saturated heterocycles. The molecule has 0 saturated carbocycles. The van der Waals surface area contributed by atoms with Crippen LogP contribution in [0.3, 0.4) is 0 Å². The number of benzene rings is 2. The summed E-state index contributed by atoms with van der Waals surface area (Å²) < 4.78 is 21.6. The van der Waals surface area contributed by atoms with Crippen LogP contribution in [0.1, 0.15) is 22.6 Å². The van der Waals surface area contributed by atoms with Crippen molar-refractivity contribution >= 4 is 17.4 Å². The van der Waals surface area contributed by atoms with Crippen LogP contribution in [0.2, 0.25) is 0 Å². The molecule has 9 nitrogen and oxygen atoms in total. The first-order chi connectivity index (χ1) is 14.1. The van der Waals surface area contributed by atoms with Gasteiger partial charge in [0.1, 0.15) is 11.5 Å². The number of hydrogen-bond donors (Lipinski definition) is 0. The maximum Gasteiger partial charge on any atom is 0.276 e. The number of ether oxygens (including phenoxy) is 3. The highest BCUT2D eigenvalue weighted by Gasteiger charge is 2.21. The van der Waals surface area contributed by atoms with Gasteiger partial charge in [-0.3, -0.25) is 10.1 Å². The Hall–Kier alpha value is -3.11. The van der Waals surface area contributed by atoms with Crippen LogP contribution in [0, 0.1) is 10.1 Å². The topological polar surface area (TPSA) is 110 Å². The van der Waals surface area contributed by atoms with Crippen LogP contribution in [0.4, 0.5) is 5.69 Å². The van der Waals surface area contributed by atoms with E-state index in [0.29, 0.717) is 40.2 Å². The van der Waals surface area contributed by atoms with Crippen molar-refractivity contribution in [2.75, 3.05) is 13.9 Å². The van der Waals surface area contributed by atoms with Crippen molar-refractivity contribution in [1.82, 2.24) is 10.2 Å². The molecule has 3 aromatic rings. The Morgan fingerprint density at radius 1 is 1.24 bits per heavy atom. The minimum Gasteiger partial charge on any atom is -0.497 e. The lowest BCUT2D eigenvalue weighted by Gasteiger charge is -2.20. The van der Waals surface area contributed by atoms with Gasteiger partial charge >= 0.3 is 0 Å². The van der Waals surface area contributed by atoms with E-state index in [1.807, 2.05) is 24.3 Å². The third-order valence-corrected chi connectivity index (χ3v) is 5.16. The van der Waals surface area contributed by atoms with Crippen molar-refractivity contribution in [3.05, 3.63) is 69.1 Å². The van der Waals surface area contributed by atoms with Gasteiger partial charge in [-0.2, -0.15) is 0 Å². The first-order valence-corrected chi connectivity index (χ1v) is 9.70. The van der Waals surface area contributed by atoms with Crippen molar-refractivity contribution in [1.29, 1.82) is 0 Å². The zero-order valence-corrected chi connectivity index (χ0v) is 16.3. The molecule has 29 heavy (non-hydrogen) atoms. The van der Waals surface area contributed by atoms with E-state index in [2.05, 4.69) is 10.2 Å². The van der Waals surface area contributed by atoms with Crippen LogP contribution in [0.15, 0.2) is 46.0 Å². The molecule has 1 aliphatic rings. The first-order valence-electron chi connectivity index (χ1n) is 8.71. The fourth-order valence-corrected chi connectivity index (χ4v) is 3.67. The van der Waals surface area contributed by atoms with E-state index in [4.69, 9.17) is 18.6 Å². The minimum atomic E-state index is -0.428. The molecule has 0 bridgehead atoms. The van der Waals surface area contributed by atoms with Crippen LogP contribution >= 0.6 is 11.8 Å². The van der Waals surface area contributed by atoms with Gasteiger partial charge in [0.15, 0.2) is 6.79 Å². The van der Waals surface area contributed by atoms with Gasteiger partial charge < -0.3 is 18.6 Å². The number of non-ortho nitro benzene ring substituents is 1. The number of methoxy groups -OCH3 is 1. The molecular formula is C19H17N3O6S. The molecule has 2 aromatic carbocycles. The Kier molecular flexibility index (Phi) is 5.63.